The second-order valence-corrected chi connectivity index (χ2v) is 6.72. The molecule has 0 fully saturated rings. The van der Waals surface area contributed by atoms with Gasteiger partial charge in [0, 0.05) is 33.2 Å². The predicted octanol–water partition coefficient (Wildman–Crippen LogP) is 2.22. The average Bonchev–Trinajstić information content (AvgIpc) is 2.39. The molecule has 6 heteroatoms. The first kappa shape index (κ1) is 16.4. The monoisotopic (exact) mass is 305 g/mol. The molecule has 0 unspecified atom stereocenters. The van der Waals surface area contributed by atoms with Gasteiger partial charge >= 0.3 is 0 Å². The third kappa shape index (κ3) is 5.48. The molecule has 108 valence electrons. The van der Waals surface area contributed by atoms with E-state index < -0.39 is 10.0 Å². The van der Waals surface area contributed by atoms with Crippen molar-refractivity contribution in [1.82, 2.24) is 4.31 Å². The van der Waals surface area contributed by atoms with Crippen molar-refractivity contribution in [3.05, 3.63) is 35.4 Å². The zero-order valence-electron chi connectivity index (χ0n) is 11.3. The molecule has 0 heterocycles. The van der Waals surface area contributed by atoms with E-state index in [1.165, 1.54) is 4.31 Å². The molecule has 0 amide bonds. The molecule has 19 heavy (non-hydrogen) atoms. The van der Waals surface area contributed by atoms with Crippen LogP contribution in [0.15, 0.2) is 24.3 Å². The van der Waals surface area contributed by atoms with Gasteiger partial charge in [0.2, 0.25) is 10.0 Å². The van der Waals surface area contributed by atoms with Crippen LogP contribution in [0.25, 0.3) is 0 Å². The van der Waals surface area contributed by atoms with Crippen molar-refractivity contribution in [2.24, 2.45) is 0 Å². The molecule has 4 nitrogen and oxygen atoms in total. The van der Waals surface area contributed by atoms with Crippen LogP contribution in [-0.4, -0.2) is 40.0 Å². The topological polar surface area (TPSA) is 46.6 Å². The molecule has 1 aromatic rings. The number of benzene rings is 1. The first-order valence-corrected chi connectivity index (χ1v) is 8.20. The fourth-order valence-electron chi connectivity index (χ4n) is 1.62. The standard InChI is InChI=1S/C13H20ClNO3S/c1-15(8-3-9-18-2)19(16,17)11-13-6-4-12(10-14)5-7-13/h4-7H,3,8-11H2,1-2H3. The van der Waals surface area contributed by atoms with E-state index >= 15 is 0 Å². The summed E-state index contributed by atoms with van der Waals surface area (Å²) in [4.78, 5) is 0. The van der Waals surface area contributed by atoms with E-state index in [9.17, 15) is 8.42 Å². The number of rotatable bonds is 8. The summed E-state index contributed by atoms with van der Waals surface area (Å²) in [7, 11) is -0.0691. The number of hydrogen-bond donors (Lipinski definition) is 0. The maximum absolute atomic E-state index is 12.1. The molecule has 0 aliphatic rings. The summed E-state index contributed by atoms with van der Waals surface area (Å²) in [5.41, 5.74) is 1.75. The highest BCUT2D eigenvalue weighted by Crippen LogP contribution is 2.12. The molecule has 1 aromatic carbocycles. The fourth-order valence-corrected chi connectivity index (χ4v) is 3.04. The predicted molar refractivity (Wildman–Crippen MR) is 77.7 cm³/mol. The van der Waals surface area contributed by atoms with E-state index in [1.807, 2.05) is 12.1 Å². The summed E-state index contributed by atoms with van der Waals surface area (Å²) in [6, 6.07) is 7.31. The van der Waals surface area contributed by atoms with Crippen LogP contribution in [0, 0.1) is 0 Å². The Labute approximate surface area is 120 Å². The molecular weight excluding hydrogens is 286 g/mol. The van der Waals surface area contributed by atoms with Crippen molar-refractivity contribution in [2.45, 2.75) is 18.1 Å². The maximum atomic E-state index is 12.1. The van der Waals surface area contributed by atoms with Gasteiger partial charge in [-0.3, -0.25) is 0 Å². The molecule has 0 N–H and O–H groups in total. The largest absolute Gasteiger partial charge is 0.385 e. The third-order valence-corrected chi connectivity index (χ3v) is 4.96. The summed E-state index contributed by atoms with van der Waals surface area (Å²) in [5.74, 6) is 0.447. The van der Waals surface area contributed by atoms with Gasteiger partial charge < -0.3 is 4.74 Å². The number of alkyl halides is 1. The Balaban J connectivity index is 2.62. The Kier molecular flexibility index (Phi) is 6.79. The average molecular weight is 306 g/mol. The van der Waals surface area contributed by atoms with Crippen molar-refractivity contribution < 1.29 is 13.2 Å². The van der Waals surface area contributed by atoms with Crippen molar-refractivity contribution in [2.75, 3.05) is 27.3 Å². The molecule has 0 bridgehead atoms. The number of hydrogen-bond acceptors (Lipinski definition) is 3. The number of sulfonamides is 1. The highest BCUT2D eigenvalue weighted by molar-refractivity contribution is 7.88. The fraction of sp³-hybridized carbons (Fsp3) is 0.538. The highest BCUT2D eigenvalue weighted by Gasteiger charge is 2.17. The minimum Gasteiger partial charge on any atom is -0.385 e. The quantitative estimate of drug-likeness (QED) is 0.546. The molecule has 0 saturated carbocycles. The van der Waals surface area contributed by atoms with Gasteiger partial charge in [-0.05, 0) is 17.5 Å². The third-order valence-electron chi connectivity index (χ3n) is 2.82. The Morgan fingerprint density at radius 1 is 1.21 bits per heavy atom. The molecule has 0 aromatic heterocycles. The first-order chi connectivity index (χ1) is 8.99. The second kappa shape index (κ2) is 7.85. The van der Waals surface area contributed by atoms with Gasteiger partial charge in [-0.25, -0.2) is 12.7 Å². The van der Waals surface area contributed by atoms with Crippen LogP contribution >= 0.6 is 11.6 Å². The molecule has 0 aliphatic carbocycles. The Morgan fingerprint density at radius 2 is 1.79 bits per heavy atom. The van der Waals surface area contributed by atoms with Crippen LogP contribution in [0.4, 0.5) is 0 Å². The van der Waals surface area contributed by atoms with Crippen LogP contribution in [-0.2, 0) is 26.4 Å². The van der Waals surface area contributed by atoms with E-state index in [2.05, 4.69) is 0 Å². The molecule has 0 atom stereocenters. The molecule has 1 rings (SSSR count). The van der Waals surface area contributed by atoms with Crippen LogP contribution < -0.4 is 0 Å². The minimum absolute atomic E-state index is 0.0129. The SMILES string of the molecule is COCCCN(C)S(=O)(=O)Cc1ccc(CCl)cc1. The van der Waals surface area contributed by atoms with Gasteiger partial charge in [-0.2, -0.15) is 0 Å². The van der Waals surface area contributed by atoms with E-state index in [4.69, 9.17) is 16.3 Å². The van der Waals surface area contributed by atoms with Crippen molar-refractivity contribution in [1.29, 1.82) is 0 Å². The zero-order chi connectivity index (χ0) is 14.3. The first-order valence-electron chi connectivity index (χ1n) is 6.06. The van der Waals surface area contributed by atoms with E-state index in [0.29, 0.717) is 25.5 Å². The van der Waals surface area contributed by atoms with Crippen molar-refractivity contribution in [3.8, 4) is 0 Å². The summed E-state index contributed by atoms with van der Waals surface area (Å²) in [6.07, 6.45) is 0.692. The van der Waals surface area contributed by atoms with E-state index in [1.54, 1.807) is 26.3 Å². The summed E-state index contributed by atoms with van der Waals surface area (Å²) in [6.45, 7) is 1.03. The lowest BCUT2D eigenvalue weighted by atomic mass is 10.2. The van der Waals surface area contributed by atoms with Gasteiger partial charge in [0.1, 0.15) is 0 Å². The summed E-state index contributed by atoms with van der Waals surface area (Å²) in [5, 5.41) is 0. The van der Waals surface area contributed by atoms with Crippen LogP contribution in [0.2, 0.25) is 0 Å². The van der Waals surface area contributed by atoms with Gasteiger partial charge in [-0.1, -0.05) is 24.3 Å². The second-order valence-electron chi connectivity index (χ2n) is 4.37. The molecular formula is C13H20ClNO3S. The summed E-state index contributed by atoms with van der Waals surface area (Å²) < 4.78 is 30.5. The molecule has 0 saturated heterocycles. The molecule has 0 aliphatic heterocycles. The number of halogens is 1. The van der Waals surface area contributed by atoms with Gasteiger partial charge in [0.05, 0.1) is 5.75 Å². The van der Waals surface area contributed by atoms with E-state index in [-0.39, 0.29) is 5.75 Å². The normalized spacial score (nSPS) is 12.0. The van der Waals surface area contributed by atoms with Crippen molar-refractivity contribution in [3.63, 3.8) is 0 Å². The maximum Gasteiger partial charge on any atom is 0.218 e. The number of ether oxygens (including phenoxy) is 1. The van der Waals surface area contributed by atoms with Gasteiger partial charge in [-0.15, -0.1) is 11.6 Å². The number of methoxy groups -OCH3 is 1. The Hall–Kier alpha value is -0.620. The minimum atomic E-state index is -3.27. The Bertz CT molecular complexity index is 473. The zero-order valence-corrected chi connectivity index (χ0v) is 12.9. The Morgan fingerprint density at radius 3 is 2.32 bits per heavy atom. The lowest BCUT2D eigenvalue weighted by Gasteiger charge is -2.17. The van der Waals surface area contributed by atoms with Crippen LogP contribution in [0.3, 0.4) is 0 Å². The van der Waals surface area contributed by atoms with Crippen molar-refractivity contribution >= 4 is 21.6 Å². The smallest absolute Gasteiger partial charge is 0.218 e. The lowest BCUT2D eigenvalue weighted by Crippen LogP contribution is -2.29. The van der Waals surface area contributed by atoms with E-state index in [0.717, 1.165) is 11.1 Å². The van der Waals surface area contributed by atoms with Gasteiger partial charge in [0.15, 0.2) is 0 Å². The van der Waals surface area contributed by atoms with Crippen LogP contribution in [0.1, 0.15) is 17.5 Å². The molecule has 0 spiro atoms. The van der Waals surface area contributed by atoms with Gasteiger partial charge in [0.25, 0.3) is 0 Å². The lowest BCUT2D eigenvalue weighted by molar-refractivity contribution is 0.189. The number of nitrogens with zero attached hydrogens (tertiary/aromatic N) is 1. The van der Waals surface area contributed by atoms with Crippen LogP contribution in [0.5, 0.6) is 0 Å². The highest BCUT2D eigenvalue weighted by atomic mass is 35.5. The molecule has 0 radical (unpaired) electrons. The summed E-state index contributed by atoms with van der Waals surface area (Å²) >= 11 is 5.70.